The van der Waals surface area contributed by atoms with Crippen molar-refractivity contribution in [1.29, 1.82) is 0 Å². The molecule has 1 aromatic heterocycles. The summed E-state index contributed by atoms with van der Waals surface area (Å²) in [5.74, 6) is 0. The zero-order valence-corrected chi connectivity index (χ0v) is 13.5. The van der Waals surface area contributed by atoms with Crippen LogP contribution in [0.3, 0.4) is 0 Å². The van der Waals surface area contributed by atoms with Gasteiger partial charge in [0.2, 0.25) is 0 Å². The van der Waals surface area contributed by atoms with Crippen LogP contribution in [0.15, 0.2) is 30.3 Å². The van der Waals surface area contributed by atoms with E-state index in [1.54, 1.807) is 0 Å². The molecule has 118 valence electrons. The van der Waals surface area contributed by atoms with Crippen LogP contribution in [0, 0.1) is 0 Å². The van der Waals surface area contributed by atoms with Gasteiger partial charge in [-0.05, 0) is 25.5 Å². The van der Waals surface area contributed by atoms with Gasteiger partial charge in [0, 0.05) is 49.5 Å². The number of aryl methyl sites for hydroxylation is 1. The second kappa shape index (κ2) is 6.63. The quantitative estimate of drug-likeness (QED) is 0.940. The van der Waals surface area contributed by atoms with Crippen LogP contribution in [0.1, 0.15) is 19.5 Å². The lowest BCUT2D eigenvalue weighted by atomic mass is 10.1. The van der Waals surface area contributed by atoms with Crippen molar-refractivity contribution in [2.24, 2.45) is 0 Å². The molecule has 0 unspecified atom stereocenters. The van der Waals surface area contributed by atoms with Gasteiger partial charge in [-0.3, -0.25) is 9.88 Å². The highest BCUT2D eigenvalue weighted by Crippen LogP contribution is 2.27. The van der Waals surface area contributed by atoms with Crippen LogP contribution >= 0.6 is 0 Å². The number of aromatic nitrogens is 1. The standard InChI is InChI=1S/C18H25N3O/c1-3-15-12-18(16-6-4-5-7-17(16)19-15)21-10-8-20(9-11-21)13-14(2)22/h4-7,12,14,22H,3,8-11,13H2,1-2H3/t14-/m1/s1. The summed E-state index contributed by atoms with van der Waals surface area (Å²) < 4.78 is 0. The Morgan fingerprint density at radius 3 is 2.59 bits per heavy atom. The Labute approximate surface area is 132 Å². The minimum atomic E-state index is -0.250. The minimum absolute atomic E-state index is 0.250. The van der Waals surface area contributed by atoms with Crippen LogP contribution in [-0.2, 0) is 6.42 Å². The van der Waals surface area contributed by atoms with Crippen LogP contribution in [-0.4, -0.2) is 53.8 Å². The predicted octanol–water partition coefficient (Wildman–Crippen LogP) is 2.30. The fourth-order valence-electron chi connectivity index (χ4n) is 3.20. The Morgan fingerprint density at radius 2 is 1.91 bits per heavy atom. The molecule has 1 fully saturated rings. The third kappa shape index (κ3) is 3.23. The monoisotopic (exact) mass is 299 g/mol. The van der Waals surface area contributed by atoms with Crippen molar-refractivity contribution in [3.05, 3.63) is 36.0 Å². The molecule has 0 amide bonds. The topological polar surface area (TPSA) is 39.6 Å². The lowest BCUT2D eigenvalue weighted by Crippen LogP contribution is -2.48. The number of aliphatic hydroxyl groups is 1. The highest BCUT2D eigenvalue weighted by Gasteiger charge is 2.20. The maximum Gasteiger partial charge on any atom is 0.0726 e. The van der Waals surface area contributed by atoms with Gasteiger partial charge >= 0.3 is 0 Å². The minimum Gasteiger partial charge on any atom is -0.392 e. The SMILES string of the molecule is CCc1cc(N2CCN(C[C@@H](C)O)CC2)c2ccccc2n1. The summed E-state index contributed by atoms with van der Waals surface area (Å²) in [5, 5.41) is 10.8. The van der Waals surface area contributed by atoms with Crippen molar-refractivity contribution in [3.63, 3.8) is 0 Å². The Hall–Kier alpha value is -1.65. The molecule has 4 nitrogen and oxygen atoms in total. The molecule has 2 aromatic rings. The van der Waals surface area contributed by atoms with E-state index in [2.05, 4.69) is 47.1 Å². The van der Waals surface area contributed by atoms with Crippen LogP contribution in [0.25, 0.3) is 10.9 Å². The summed E-state index contributed by atoms with van der Waals surface area (Å²) in [5.41, 5.74) is 3.54. The highest BCUT2D eigenvalue weighted by atomic mass is 16.3. The third-order valence-corrected chi connectivity index (χ3v) is 4.35. The molecule has 1 aromatic carbocycles. The normalized spacial score (nSPS) is 17.9. The summed E-state index contributed by atoms with van der Waals surface area (Å²) in [6, 6.07) is 10.6. The van der Waals surface area contributed by atoms with E-state index in [9.17, 15) is 5.11 Å². The van der Waals surface area contributed by atoms with E-state index in [4.69, 9.17) is 4.98 Å². The molecular formula is C18H25N3O. The number of benzene rings is 1. The van der Waals surface area contributed by atoms with E-state index in [0.29, 0.717) is 0 Å². The number of anilines is 1. The number of pyridine rings is 1. The van der Waals surface area contributed by atoms with Gasteiger partial charge in [0.1, 0.15) is 0 Å². The first-order valence-electron chi connectivity index (χ1n) is 8.21. The second-order valence-electron chi connectivity index (χ2n) is 6.14. The van der Waals surface area contributed by atoms with Gasteiger partial charge in [-0.2, -0.15) is 0 Å². The first kappa shape index (κ1) is 15.3. The largest absolute Gasteiger partial charge is 0.392 e. The first-order chi connectivity index (χ1) is 10.7. The summed E-state index contributed by atoms with van der Waals surface area (Å²) in [6.07, 6.45) is 0.708. The number of hydrogen-bond donors (Lipinski definition) is 1. The zero-order chi connectivity index (χ0) is 15.5. The average Bonchev–Trinajstić information content (AvgIpc) is 2.54. The van der Waals surface area contributed by atoms with Crippen molar-refractivity contribution in [1.82, 2.24) is 9.88 Å². The number of nitrogens with zero attached hydrogens (tertiary/aromatic N) is 3. The molecule has 0 saturated carbocycles. The fraction of sp³-hybridized carbons (Fsp3) is 0.500. The molecule has 0 radical (unpaired) electrons. The third-order valence-electron chi connectivity index (χ3n) is 4.35. The second-order valence-corrected chi connectivity index (χ2v) is 6.14. The van der Waals surface area contributed by atoms with Gasteiger partial charge in [-0.15, -0.1) is 0 Å². The summed E-state index contributed by atoms with van der Waals surface area (Å²) in [7, 11) is 0. The number of rotatable bonds is 4. The maximum atomic E-state index is 9.53. The lowest BCUT2D eigenvalue weighted by molar-refractivity contribution is 0.123. The van der Waals surface area contributed by atoms with Crippen molar-refractivity contribution in [2.45, 2.75) is 26.4 Å². The van der Waals surface area contributed by atoms with Gasteiger partial charge in [0.15, 0.2) is 0 Å². The zero-order valence-electron chi connectivity index (χ0n) is 13.5. The van der Waals surface area contributed by atoms with Crippen LogP contribution in [0.5, 0.6) is 0 Å². The molecule has 2 heterocycles. The van der Waals surface area contributed by atoms with Gasteiger partial charge in [0.25, 0.3) is 0 Å². The molecule has 1 N–H and O–H groups in total. The van der Waals surface area contributed by atoms with E-state index in [1.165, 1.54) is 11.1 Å². The molecule has 0 spiro atoms. The van der Waals surface area contributed by atoms with E-state index < -0.39 is 0 Å². The summed E-state index contributed by atoms with van der Waals surface area (Å²) in [4.78, 5) is 9.53. The molecule has 0 bridgehead atoms. The van der Waals surface area contributed by atoms with E-state index in [-0.39, 0.29) is 6.10 Å². The van der Waals surface area contributed by atoms with Gasteiger partial charge in [-0.25, -0.2) is 0 Å². The van der Waals surface area contributed by atoms with Gasteiger partial charge in [-0.1, -0.05) is 25.1 Å². The Balaban J connectivity index is 1.84. The average molecular weight is 299 g/mol. The molecule has 22 heavy (non-hydrogen) atoms. The van der Waals surface area contributed by atoms with Crippen LogP contribution in [0.2, 0.25) is 0 Å². The Bertz CT molecular complexity index is 633. The van der Waals surface area contributed by atoms with Gasteiger partial charge in [0.05, 0.1) is 11.6 Å². The first-order valence-corrected chi connectivity index (χ1v) is 8.21. The van der Waals surface area contributed by atoms with E-state index in [1.807, 2.05) is 6.92 Å². The van der Waals surface area contributed by atoms with Crippen LogP contribution < -0.4 is 4.90 Å². The number of aliphatic hydroxyl groups excluding tert-OH is 1. The Kier molecular flexibility index (Phi) is 4.60. The van der Waals surface area contributed by atoms with Crippen molar-refractivity contribution in [3.8, 4) is 0 Å². The smallest absolute Gasteiger partial charge is 0.0726 e. The number of hydrogen-bond acceptors (Lipinski definition) is 4. The molecule has 1 aliphatic heterocycles. The fourth-order valence-corrected chi connectivity index (χ4v) is 3.20. The molecule has 1 aliphatic rings. The number of para-hydroxylation sites is 1. The molecule has 1 atom stereocenters. The molecule has 3 rings (SSSR count). The van der Waals surface area contributed by atoms with Gasteiger partial charge < -0.3 is 10.0 Å². The highest BCUT2D eigenvalue weighted by molar-refractivity contribution is 5.92. The summed E-state index contributed by atoms with van der Waals surface area (Å²) >= 11 is 0. The van der Waals surface area contributed by atoms with Crippen molar-refractivity contribution in [2.75, 3.05) is 37.6 Å². The molecular weight excluding hydrogens is 274 g/mol. The summed E-state index contributed by atoms with van der Waals surface area (Å²) in [6.45, 7) is 8.79. The molecule has 1 saturated heterocycles. The predicted molar refractivity (Wildman–Crippen MR) is 91.5 cm³/mol. The van der Waals surface area contributed by atoms with Crippen molar-refractivity contribution >= 4 is 16.6 Å². The Morgan fingerprint density at radius 1 is 1.18 bits per heavy atom. The number of β-amino-alcohol motifs (C(OH)–C–C–N with tert-alkyl or cyclic N) is 1. The number of piperazine rings is 1. The van der Waals surface area contributed by atoms with Crippen molar-refractivity contribution < 1.29 is 5.11 Å². The maximum absolute atomic E-state index is 9.53. The van der Waals surface area contributed by atoms with E-state index in [0.717, 1.165) is 50.4 Å². The van der Waals surface area contributed by atoms with Crippen LogP contribution in [0.4, 0.5) is 5.69 Å². The lowest BCUT2D eigenvalue weighted by Gasteiger charge is -2.37. The number of fused-ring (bicyclic) bond motifs is 1. The van der Waals surface area contributed by atoms with E-state index >= 15 is 0 Å². The molecule has 0 aliphatic carbocycles. The molecule has 4 heteroatoms.